The van der Waals surface area contributed by atoms with Crippen molar-refractivity contribution in [1.29, 1.82) is 0 Å². The van der Waals surface area contributed by atoms with Crippen molar-refractivity contribution in [3.63, 3.8) is 0 Å². The van der Waals surface area contributed by atoms with Gasteiger partial charge in [-0.3, -0.25) is 14.4 Å². The van der Waals surface area contributed by atoms with Crippen molar-refractivity contribution in [3.8, 4) is 0 Å². The number of carbonyl (C=O) groups is 1. The Morgan fingerprint density at radius 2 is 2.38 bits per heavy atom. The molecule has 3 rings (SSSR count). The van der Waals surface area contributed by atoms with Crippen LogP contribution >= 0.6 is 11.3 Å². The normalized spacial score (nSPS) is 18.6. The highest BCUT2D eigenvalue weighted by Gasteiger charge is 2.24. The van der Waals surface area contributed by atoms with Crippen molar-refractivity contribution in [1.82, 2.24) is 20.0 Å². The molecule has 1 aliphatic rings. The zero-order valence-corrected chi connectivity index (χ0v) is 15.1. The first-order valence-electron chi connectivity index (χ1n) is 8.71. The summed E-state index contributed by atoms with van der Waals surface area (Å²) in [6, 6.07) is 2.52. The molecule has 1 atom stereocenters. The Kier molecular flexibility index (Phi) is 6.04. The van der Waals surface area contributed by atoms with Gasteiger partial charge in [0.25, 0.3) is 0 Å². The monoisotopic (exact) mass is 346 g/mol. The van der Waals surface area contributed by atoms with Crippen LogP contribution in [0.2, 0.25) is 0 Å². The minimum atomic E-state index is 0.133. The molecule has 1 fully saturated rings. The Hall–Kier alpha value is -1.66. The summed E-state index contributed by atoms with van der Waals surface area (Å²) >= 11 is 1.70. The molecule has 24 heavy (non-hydrogen) atoms. The van der Waals surface area contributed by atoms with Crippen LogP contribution in [0, 0.1) is 6.92 Å². The number of thiophene rings is 1. The third-order valence-electron chi connectivity index (χ3n) is 4.57. The minimum absolute atomic E-state index is 0.133. The molecule has 0 unspecified atom stereocenters. The van der Waals surface area contributed by atoms with E-state index in [0.29, 0.717) is 19.1 Å². The Balaban J connectivity index is 1.46. The van der Waals surface area contributed by atoms with Crippen molar-refractivity contribution >= 4 is 17.2 Å². The van der Waals surface area contributed by atoms with E-state index in [1.54, 1.807) is 11.3 Å². The molecule has 0 bridgehead atoms. The van der Waals surface area contributed by atoms with Crippen LogP contribution in [0.1, 0.15) is 30.4 Å². The maximum absolute atomic E-state index is 12.3. The summed E-state index contributed by atoms with van der Waals surface area (Å²) in [7, 11) is 0. The lowest BCUT2D eigenvalue weighted by atomic mass is 10.0. The number of hydrogen-bond donors (Lipinski definition) is 1. The molecule has 0 aliphatic carbocycles. The van der Waals surface area contributed by atoms with Gasteiger partial charge in [0.1, 0.15) is 0 Å². The Morgan fingerprint density at radius 3 is 3.12 bits per heavy atom. The summed E-state index contributed by atoms with van der Waals surface area (Å²) in [5, 5.41) is 11.7. The molecule has 1 amide bonds. The van der Waals surface area contributed by atoms with Crippen LogP contribution in [0.3, 0.4) is 0 Å². The number of hydrogen-bond acceptors (Lipinski definition) is 4. The second-order valence-electron chi connectivity index (χ2n) is 6.59. The standard InChI is InChI=1S/C18H26N4OS/c1-15-10-20-22(11-15)12-17-4-2-3-8-21(17)13-18(23)19-7-5-16-6-9-24-14-16/h6,9-11,14,17H,2-5,7-8,12-13H2,1H3,(H,19,23)/t17-/m0/s1. The van der Waals surface area contributed by atoms with Crippen LogP contribution in [0.15, 0.2) is 29.2 Å². The second kappa shape index (κ2) is 8.44. The number of nitrogens with zero attached hydrogens (tertiary/aromatic N) is 3. The van der Waals surface area contributed by atoms with Gasteiger partial charge in [-0.25, -0.2) is 0 Å². The van der Waals surface area contributed by atoms with Crippen LogP contribution < -0.4 is 5.32 Å². The average Bonchev–Trinajstić information content (AvgIpc) is 3.21. The van der Waals surface area contributed by atoms with E-state index in [1.807, 2.05) is 10.9 Å². The zero-order valence-electron chi connectivity index (χ0n) is 14.3. The highest BCUT2D eigenvalue weighted by molar-refractivity contribution is 7.07. The van der Waals surface area contributed by atoms with E-state index in [2.05, 4.69) is 45.3 Å². The molecule has 130 valence electrons. The van der Waals surface area contributed by atoms with E-state index < -0.39 is 0 Å². The van der Waals surface area contributed by atoms with Crippen LogP contribution in [-0.4, -0.2) is 46.3 Å². The largest absolute Gasteiger partial charge is 0.355 e. The van der Waals surface area contributed by atoms with E-state index in [4.69, 9.17) is 0 Å². The van der Waals surface area contributed by atoms with Crippen LogP contribution in [0.5, 0.6) is 0 Å². The predicted octanol–water partition coefficient (Wildman–Crippen LogP) is 2.47. The maximum Gasteiger partial charge on any atom is 0.234 e. The molecular formula is C18H26N4OS. The fourth-order valence-electron chi connectivity index (χ4n) is 3.28. The number of piperidine rings is 1. The molecule has 3 heterocycles. The van der Waals surface area contributed by atoms with Gasteiger partial charge < -0.3 is 5.32 Å². The van der Waals surface area contributed by atoms with E-state index >= 15 is 0 Å². The molecule has 0 radical (unpaired) electrons. The molecule has 0 aromatic carbocycles. The summed E-state index contributed by atoms with van der Waals surface area (Å²) < 4.78 is 2.01. The van der Waals surface area contributed by atoms with Crippen molar-refractivity contribution < 1.29 is 4.79 Å². The summed E-state index contributed by atoms with van der Waals surface area (Å²) in [5.74, 6) is 0.133. The topological polar surface area (TPSA) is 50.2 Å². The summed E-state index contributed by atoms with van der Waals surface area (Å²) in [6.45, 7) is 5.14. The van der Waals surface area contributed by atoms with Crippen molar-refractivity contribution in [2.75, 3.05) is 19.6 Å². The number of amides is 1. The van der Waals surface area contributed by atoms with E-state index in [1.165, 1.54) is 24.0 Å². The lowest BCUT2D eigenvalue weighted by molar-refractivity contribution is -0.123. The van der Waals surface area contributed by atoms with Gasteiger partial charge in [0.15, 0.2) is 0 Å². The van der Waals surface area contributed by atoms with Gasteiger partial charge in [-0.1, -0.05) is 6.42 Å². The molecule has 2 aromatic heterocycles. The molecule has 6 heteroatoms. The smallest absolute Gasteiger partial charge is 0.234 e. The average molecular weight is 346 g/mol. The number of aromatic nitrogens is 2. The SMILES string of the molecule is Cc1cnn(C[C@@H]2CCCCN2CC(=O)NCCc2ccsc2)c1. The first-order valence-corrected chi connectivity index (χ1v) is 9.66. The van der Waals surface area contributed by atoms with E-state index in [-0.39, 0.29) is 5.91 Å². The molecule has 0 spiro atoms. The number of aryl methyl sites for hydroxylation is 1. The molecule has 1 aliphatic heterocycles. The van der Waals surface area contributed by atoms with E-state index in [0.717, 1.165) is 25.9 Å². The molecule has 0 saturated carbocycles. The van der Waals surface area contributed by atoms with Gasteiger partial charge in [-0.15, -0.1) is 0 Å². The Bertz CT molecular complexity index is 637. The Labute approximate surface area is 147 Å². The fraction of sp³-hybridized carbons (Fsp3) is 0.556. The first-order chi connectivity index (χ1) is 11.7. The zero-order chi connectivity index (χ0) is 16.8. The van der Waals surface area contributed by atoms with Gasteiger partial charge in [0, 0.05) is 18.8 Å². The van der Waals surface area contributed by atoms with E-state index in [9.17, 15) is 4.79 Å². The lowest BCUT2D eigenvalue weighted by Crippen LogP contribution is -2.47. The van der Waals surface area contributed by atoms with Gasteiger partial charge in [0.05, 0.1) is 19.3 Å². The van der Waals surface area contributed by atoms with Crippen molar-refractivity contribution in [2.24, 2.45) is 0 Å². The third-order valence-corrected chi connectivity index (χ3v) is 5.30. The van der Waals surface area contributed by atoms with Gasteiger partial charge >= 0.3 is 0 Å². The molecule has 5 nitrogen and oxygen atoms in total. The number of rotatable bonds is 7. The first kappa shape index (κ1) is 17.2. The minimum Gasteiger partial charge on any atom is -0.355 e. The van der Waals surface area contributed by atoms with Gasteiger partial charge in [0.2, 0.25) is 5.91 Å². The van der Waals surface area contributed by atoms with Gasteiger partial charge in [-0.2, -0.15) is 16.4 Å². The summed E-state index contributed by atoms with van der Waals surface area (Å²) in [5.41, 5.74) is 2.48. The molecular weight excluding hydrogens is 320 g/mol. The number of carbonyl (C=O) groups excluding carboxylic acids is 1. The lowest BCUT2D eigenvalue weighted by Gasteiger charge is -2.35. The molecule has 2 aromatic rings. The maximum atomic E-state index is 12.3. The van der Waals surface area contributed by atoms with Crippen LogP contribution in [0.25, 0.3) is 0 Å². The highest BCUT2D eigenvalue weighted by Crippen LogP contribution is 2.18. The predicted molar refractivity (Wildman–Crippen MR) is 97.2 cm³/mol. The van der Waals surface area contributed by atoms with Gasteiger partial charge in [-0.05, 0) is 60.7 Å². The molecule has 1 saturated heterocycles. The Morgan fingerprint density at radius 1 is 1.46 bits per heavy atom. The summed E-state index contributed by atoms with van der Waals surface area (Å²) in [6.07, 6.45) is 8.43. The van der Waals surface area contributed by atoms with Crippen molar-refractivity contribution in [2.45, 2.75) is 45.2 Å². The summed E-state index contributed by atoms with van der Waals surface area (Å²) in [4.78, 5) is 14.6. The van der Waals surface area contributed by atoms with Crippen LogP contribution in [-0.2, 0) is 17.8 Å². The fourth-order valence-corrected chi connectivity index (χ4v) is 3.98. The van der Waals surface area contributed by atoms with Crippen LogP contribution in [0.4, 0.5) is 0 Å². The quantitative estimate of drug-likeness (QED) is 0.838. The van der Waals surface area contributed by atoms with Crippen molar-refractivity contribution in [3.05, 3.63) is 40.3 Å². The number of likely N-dealkylation sites (tertiary alicyclic amines) is 1. The number of nitrogens with one attached hydrogen (secondary N) is 1. The second-order valence-corrected chi connectivity index (χ2v) is 7.37. The third kappa shape index (κ3) is 4.92. The highest BCUT2D eigenvalue weighted by atomic mass is 32.1. The molecule has 1 N–H and O–H groups in total.